The smallest absolute Gasteiger partial charge is 0 e. The molecule has 1 heteroatoms. The molecule has 0 aromatic carbocycles. The first-order chi connectivity index (χ1) is 4.95. The van der Waals surface area contributed by atoms with Crippen molar-refractivity contribution in [1.82, 2.24) is 0 Å². The molecule has 0 saturated heterocycles. The monoisotopic (exact) mass is 324 g/mol. The van der Waals surface area contributed by atoms with Gasteiger partial charge in [0.2, 0.25) is 0 Å². The maximum Gasteiger partial charge on any atom is 0 e. The number of hydrogen-bond acceptors (Lipinski definition) is 0. The Bertz CT molecular complexity index is 248. The van der Waals surface area contributed by atoms with E-state index in [1.165, 1.54) is 32.1 Å². The summed E-state index contributed by atoms with van der Waals surface area (Å²) in [5.74, 6) is 0.944. The maximum atomic E-state index is 3.51. The zero-order valence-electron chi connectivity index (χ0n) is 6.45. The van der Waals surface area contributed by atoms with E-state index in [1.807, 2.05) is 0 Å². The van der Waals surface area contributed by atoms with Crippen LogP contribution in [0.25, 0.3) is 0 Å². The largest absolute Gasteiger partial charge is 0.271 e. The van der Waals surface area contributed by atoms with E-state index in [2.05, 4.69) is 6.08 Å². The van der Waals surface area contributed by atoms with E-state index in [1.54, 1.807) is 16.7 Å². The summed E-state index contributed by atoms with van der Waals surface area (Å²) in [6.07, 6.45) is 10.3. The van der Waals surface area contributed by atoms with E-state index < -0.39 is 0 Å². The molecule has 3 aliphatic rings. The average molecular weight is 323 g/mol. The molecule has 3 aliphatic carbocycles. The second-order valence-electron chi connectivity index (χ2n) is 3.60. The minimum atomic E-state index is 0. The van der Waals surface area contributed by atoms with Gasteiger partial charge < -0.3 is 0 Å². The molecule has 0 N–H and O–H groups in total. The van der Waals surface area contributed by atoms with Crippen LogP contribution in [-0.4, -0.2) is 0 Å². The molecule has 2 saturated carbocycles. The minimum Gasteiger partial charge on any atom is -0.271 e. The zero-order chi connectivity index (χ0) is 6.55. The van der Waals surface area contributed by atoms with Gasteiger partial charge in [-0.1, -0.05) is 12.8 Å². The van der Waals surface area contributed by atoms with Gasteiger partial charge in [0.05, 0.1) is 0 Å². The number of allylic oxidation sites excluding steroid dienone is 4. The Kier molecular flexibility index (Phi) is 1.81. The average Bonchev–Trinajstić information content (AvgIpc) is 1.84. The Hall–Kier alpha value is 0.129. The van der Waals surface area contributed by atoms with Crippen molar-refractivity contribution in [3.8, 4) is 0 Å². The molecule has 61 valence electrons. The predicted octanol–water partition coefficient (Wildman–Crippen LogP) is 2.62. The summed E-state index contributed by atoms with van der Waals surface area (Å²) in [7, 11) is 0. The molecule has 0 aromatic rings. The molecule has 0 nitrogen and oxygen atoms in total. The van der Waals surface area contributed by atoms with Crippen LogP contribution in [0.15, 0.2) is 16.7 Å². The van der Waals surface area contributed by atoms with Crippen LogP contribution in [0, 0.1) is 12.0 Å². The van der Waals surface area contributed by atoms with Gasteiger partial charge in [-0.15, -0.1) is 12.0 Å². The second-order valence-corrected chi connectivity index (χ2v) is 3.60. The zero-order valence-corrected chi connectivity index (χ0v) is 8.84. The van der Waals surface area contributed by atoms with Gasteiger partial charge in [0, 0.05) is 20.1 Å². The fraction of sp³-hybridized carbons (Fsp3) is 0.600. The normalized spacial score (nSPS) is 32.0. The van der Waals surface area contributed by atoms with Crippen LogP contribution in [0.2, 0.25) is 0 Å². The molecule has 0 aliphatic heterocycles. The molecule has 0 heterocycles. The number of rotatable bonds is 0. The third-order valence-electron chi connectivity index (χ3n) is 3.19. The molecule has 2 fully saturated rings. The van der Waals surface area contributed by atoms with Crippen LogP contribution in [0.1, 0.15) is 32.1 Å². The van der Waals surface area contributed by atoms with Crippen molar-refractivity contribution in [2.45, 2.75) is 32.1 Å². The first-order valence-electron chi connectivity index (χ1n) is 4.27. The number of hydrogen-bond donors (Lipinski definition) is 0. The van der Waals surface area contributed by atoms with Gasteiger partial charge in [-0.2, -0.15) is 5.57 Å². The van der Waals surface area contributed by atoms with Gasteiger partial charge in [-0.25, -0.2) is 5.57 Å². The Morgan fingerprint density at radius 2 is 2.09 bits per heavy atom. The van der Waals surface area contributed by atoms with Crippen LogP contribution < -0.4 is 0 Å². The Labute approximate surface area is 81.1 Å². The second kappa shape index (κ2) is 2.57. The predicted molar refractivity (Wildman–Crippen MR) is 40.4 cm³/mol. The van der Waals surface area contributed by atoms with Gasteiger partial charge in [-0.05, 0) is 18.8 Å². The third kappa shape index (κ3) is 0.910. The van der Waals surface area contributed by atoms with Crippen molar-refractivity contribution < 1.29 is 20.1 Å². The topological polar surface area (TPSA) is 0 Å². The quantitative estimate of drug-likeness (QED) is 0.601. The Balaban J connectivity index is 0.000000480. The Morgan fingerprint density at radius 3 is 2.55 bits per heavy atom. The summed E-state index contributed by atoms with van der Waals surface area (Å²) in [4.78, 5) is 0. The maximum absolute atomic E-state index is 3.51. The molecule has 1 atom stereocenters. The SMILES string of the molecule is [C-]1=C2CCC2=C2CCC2C1.[Ir]. The third-order valence-corrected chi connectivity index (χ3v) is 3.19. The molecule has 0 spiro atoms. The van der Waals surface area contributed by atoms with Crippen molar-refractivity contribution in [2.24, 2.45) is 5.92 Å². The molecule has 1 unspecified atom stereocenters. The van der Waals surface area contributed by atoms with E-state index in [0.717, 1.165) is 5.92 Å². The van der Waals surface area contributed by atoms with Crippen LogP contribution >= 0.6 is 0 Å². The van der Waals surface area contributed by atoms with Gasteiger partial charge in [-0.3, -0.25) is 6.08 Å². The summed E-state index contributed by atoms with van der Waals surface area (Å²) < 4.78 is 0. The Morgan fingerprint density at radius 1 is 1.18 bits per heavy atom. The van der Waals surface area contributed by atoms with E-state index in [9.17, 15) is 0 Å². The summed E-state index contributed by atoms with van der Waals surface area (Å²) in [5, 5.41) is 0. The van der Waals surface area contributed by atoms with Gasteiger partial charge in [0.25, 0.3) is 0 Å². The van der Waals surface area contributed by atoms with Gasteiger partial charge in [0.1, 0.15) is 0 Å². The summed E-state index contributed by atoms with van der Waals surface area (Å²) in [5.41, 5.74) is 5.09. The van der Waals surface area contributed by atoms with Crippen molar-refractivity contribution in [1.29, 1.82) is 0 Å². The van der Waals surface area contributed by atoms with E-state index in [4.69, 9.17) is 0 Å². The van der Waals surface area contributed by atoms with Crippen LogP contribution in [0.3, 0.4) is 0 Å². The number of fused-ring (bicyclic) bond motifs is 2. The summed E-state index contributed by atoms with van der Waals surface area (Å²) in [6, 6.07) is 0. The van der Waals surface area contributed by atoms with Crippen molar-refractivity contribution in [3.05, 3.63) is 22.8 Å². The first kappa shape index (κ1) is 7.76. The molecule has 0 amide bonds. The molecule has 0 bridgehead atoms. The van der Waals surface area contributed by atoms with Crippen LogP contribution in [-0.2, 0) is 20.1 Å². The summed E-state index contributed by atoms with van der Waals surface area (Å²) in [6.45, 7) is 0. The molecular weight excluding hydrogens is 312 g/mol. The van der Waals surface area contributed by atoms with Crippen molar-refractivity contribution >= 4 is 0 Å². The van der Waals surface area contributed by atoms with Gasteiger partial charge in [0.15, 0.2) is 0 Å². The molecule has 11 heavy (non-hydrogen) atoms. The van der Waals surface area contributed by atoms with Crippen LogP contribution in [0.4, 0.5) is 0 Å². The van der Waals surface area contributed by atoms with E-state index in [-0.39, 0.29) is 20.1 Å². The standard InChI is InChI=1S/C10H11.Ir/c1-2-8-4-6-10(8)9-5-3-7(1)9;/h7H,1,3-6H2;/q-1;. The van der Waals surface area contributed by atoms with Gasteiger partial charge >= 0.3 is 0 Å². The van der Waals surface area contributed by atoms with Crippen LogP contribution in [0.5, 0.6) is 0 Å². The van der Waals surface area contributed by atoms with E-state index in [0.29, 0.717) is 0 Å². The fourth-order valence-corrected chi connectivity index (χ4v) is 2.29. The molecule has 0 aromatic heterocycles. The molecule has 3 rings (SSSR count). The fourth-order valence-electron chi connectivity index (χ4n) is 2.29. The minimum absolute atomic E-state index is 0. The summed E-state index contributed by atoms with van der Waals surface area (Å²) >= 11 is 0. The van der Waals surface area contributed by atoms with E-state index >= 15 is 0 Å². The molecular formula is C10H11Ir-. The first-order valence-corrected chi connectivity index (χ1v) is 4.27. The molecule has 1 radical (unpaired) electrons. The van der Waals surface area contributed by atoms with Crippen molar-refractivity contribution in [3.63, 3.8) is 0 Å². The van der Waals surface area contributed by atoms with Crippen molar-refractivity contribution in [2.75, 3.05) is 0 Å².